The van der Waals surface area contributed by atoms with Crippen molar-refractivity contribution < 1.29 is 19.1 Å². The molecule has 4 saturated carbocycles. The topological polar surface area (TPSA) is 88.7 Å². The number of hydrogen-bond donors (Lipinski definition) is 3. The summed E-state index contributed by atoms with van der Waals surface area (Å²) in [5.74, 6) is 4.24. The quantitative estimate of drug-likeness (QED) is 0.0827. The number of esters is 2. The average Bonchev–Trinajstić information content (AvgIpc) is 3.76. The van der Waals surface area contributed by atoms with Crippen molar-refractivity contribution >= 4 is 11.9 Å². The molecule has 0 amide bonds. The molecule has 0 spiro atoms. The Morgan fingerprint density at radius 1 is 0.606 bits per heavy atom. The predicted octanol–water partition coefficient (Wildman–Crippen LogP) is 14.5. The van der Waals surface area contributed by atoms with Crippen LogP contribution >= 0.6 is 0 Å². The Morgan fingerprint density at radius 3 is 1.55 bits per heavy atom. The smallest absolute Gasteiger partial charge is 0.328 e. The number of ether oxygens (including phenoxy) is 2. The molecule has 7 nitrogen and oxygen atoms in total. The minimum atomic E-state index is -0.271. The van der Waals surface area contributed by atoms with E-state index in [2.05, 4.69) is 144 Å². The molecular weight excluding hydrogens is 875 g/mol. The molecule has 8 rings (SSSR count). The van der Waals surface area contributed by atoms with Gasteiger partial charge < -0.3 is 25.4 Å². The van der Waals surface area contributed by atoms with Crippen LogP contribution in [0.4, 0.5) is 0 Å². The van der Waals surface area contributed by atoms with Crippen molar-refractivity contribution in [3.63, 3.8) is 0 Å². The lowest BCUT2D eigenvalue weighted by molar-refractivity contribution is -0.139. The number of hydrogen-bond acceptors (Lipinski definition) is 7. The van der Waals surface area contributed by atoms with E-state index in [1.165, 1.54) is 86.5 Å². The van der Waals surface area contributed by atoms with Crippen LogP contribution in [0.15, 0.2) is 24.3 Å². The van der Waals surface area contributed by atoms with Gasteiger partial charge in [0.05, 0.1) is 5.92 Å². The van der Waals surface area contributed by atoms with E-state index in [0.29, 0.717) is 39.5 Å². The van der Waals surface area contributed by atoms with Gasteiger partial charge in [-0.2, -0.15) is 0 Å². The Morgan fingerprint density at radius 2 is 1.10 bits per heavy atom. The van der Waals surface area contributed by atoms with E-state index in [-0.39, 0.29) is 40.8 Å². The summed E-state index contributed by atoms with van der Waals surface area (Å²) >= 11 is 0. The van der Waals surface area contributed by atoms with E-state index < -0.39 is 0 Å². The van der Waals surface area contributed by atoms with Crippen molar-refractivity contribution in [2.45, 2.75) is 248 Å². The van der Waals surface area contributed by atoms with Crippen molar-refractivity contribution in [2.24, 2.45) is 51.2 Å². The molecule has 0 radical (unpaired) electrons. The van der Waals surface area contributed by atoms with Crippen LogP contribution in [0.25, 0.3) is 0 Å². The van der Waals surface area contributed by atoms with E-state index in [9.17, 15) is 9.59 Å². The minimum absolute atomic E-state index is 0.0175. The van der Waals surface area contributed by atoms with Gasteiger partial charge in [0.25, 0.3) is 0 Å². The van der Waals surface area contributed by atoms with Crippen LogP contribution < -0.4 is 25.4 Å². The fraction of sp³-hybridized carbons (Fsp3) is 0.781. The predicted molar refractivity (Wildman–Crippen MR) is 296 cm³/mol. The summed E-state index contributed by atoms with van der Waals surface area (Å²) in [5.41, 5.74) is 10.8. The molecule has 7 heteroatoms. The molecule has 0 aliphatic heterocycles. The van der Waals surface area contributed by atoms with E-state index in [1.807, 2.05) is 7.05 Å². The van der Waals surface area contributed by atoms with E-state index >= 15 is 0 Å². The number of fused-ring (bicyclic) bond motifs is 10. The number of unbranched alkanes of at least 4 members (excludes halogenated alkanes) is 1. The molecule has 2 aromatic carbocycles. The standard InChI is InChI=1S/C34H56N2O2.C30H47NO2/c1-22(2)35-18-11-10-13-27(36-23(3)4)31(37)38-26-19-24(5)30-25(20-26)21-29-33(8)16-12-15-32(6,7)28(33)14-17-34(29,30)9;1-8-21(11-9-16-31-7)27(32)33-23-17-20(2)26-22(18-23)19-25-29(5)14-10-13-28(3,4)24(29)12-15-30(25,26)6/h19-20,22-23,27-29,35-36H,10-18,21H2,1-9H3;17-18,21,24-25,31H,8-16,19H2,1-7H3/t27?,28-,29+,33-,34+;21?,24-,25+,29-,30+/m00/s1. The molecule has 4 fully saturated rings. The fourth-order valence-corrected chi connectivity index (χ4v) is 17.9. The largest absolute Gasteiger partial charge is 0.426 e. The van der Waals surface area contributed by atoms with Gasteiger partial charge in [-0.3, -0.25) is 4.79 Å². The molecule has 6 aliphatic rings. The van der Waals surface area contributed by atoms with Gasteiger partial charge in [-0.25, -0.2) is 4.79 Å². The first-order valence-electron chi connectivity index (χ1n) is 29.2. The minimum Gasteiger partial charge on any atom is -0.426 e. The molecule has 0 saturated heterocycles. The number of nitrogens with one attached hydrogen (secondary N) is 3. The van der Waals surface area contributed by atoms with Gasteiger partial charge in [-0.1, -0.05) is 109 Å². The number of rotatable bonds is 17. The second-order valence-electron chi connectivity index (χ2n) is 27.4. The first-order valence-corrected chi connectivity index (χ1v) is 29.2. The number of carbonyl (C=O) groups excluding carboxylic acids is 2. The Balaban J connectivity index is 0.000000211. The fourth-order valence-electron chi connectivity index (χ4n) is 17.9. The van der Waals surface area contributed by atoms with Gasteiger partial charge in [0, 0.05) is 12.1 Å². The Bertz CT molecular complexity index is 2190. The third-order valence-corrected chi connectivity index (χ3v) is 20.9. The van der Waals surface area contributed by atoms with Crippen LogP contribution in [0.1, 0.15) is 226 Å². The van der Waals surface area contributed by atoms with E-state index in [0.717, 1.165) is 87.8 Å². The molecule has 10 atom stereocenters. The van der Waals surface area contributed by atoms with Gasteiger partial charge in [-0.05, 0) is 244 Å². The van der Waals surface area contributed by atoms with Gasteiger partial charge in [-0.15, -0.1) is 0 Å². The lowest BCUT2D eigenvalue weighted by atomic mass is 9.43. The van der Waals surface area contributed by atoms with Crippen LogP contribution in [0, 0.1) is 65.1 Å². The molecule has 398 valence electrons. The Kier molecular flexibility index (Phi) is 17.2. The summed E-state index contributed by atoms with van der Waals surface area (Å²) in [7, 11) is 1.96. The molecule has 0 bridgehead atoms. The summed E-state index contributed by atoms with van der Waals surface area (Å²) in [4.78, 5) is 26.3. The van der Waals surface area contributed by atoms with Crippen LogP contribution in [0.2, 0.25) is 0 Å². The molecule has 6 aliphatic carbocycles. The number of benzene rings is 2. The van der Waals surface area contributed by atoms with Crippen molar-refractivity contribution in [1.82, 2.24) is 16.0 Å². The summed E-state index contributed by atoms with van der Waals surface area (Å²) in [6, 6.07) is 9.18. The molecular formula is C64H103N3O4. The first kappa shape index (κ1) is 56.0. The van der Waals surface area contributed by atoms with Gasteiger partial charge >= 0.3 is 11.9 Å². The maximum Gasteiger partial charge on any atom is 0.328 e. The normalized spacial score (nSPS) is 31.7. The van der Waals surface area contributed by atoms with E-state index in [4.69, 9.17) is 9.47 Å². The maximum absolute atomic E-state index is 13.4. The van der Waals surface area contributed by atoms with Gasteiger partial charge in [0.2, 0.25) is 0 Å². The third kappa shape index (κ3) is 11.2. The third-order valence-electron chi connectivity index (χ3n) is 20.9. The zero-order valence-corrected chi connectivity index (χ0v) is 48.2. The Labute approximate surface area is 434 Å². The molecule has 2 aromatic rings. The summed E-state index contributed by atoms with van der Waals surface area (Å²) < 4.78 is 12.1. The van der Waals surface area contributed by atoms with Crippen molar-refractivity contribution in [3.05, 3.63) is 57.6 Å². The highest BCUT2D eigenvalue weighted by molar-refractivity contribution is 5.78. The highest BCUT2D eigenvalue weighted by Crippen LogP contribution is 2.69. The summed E-state index contributed by atoms with van der Waals surface area (Å²) in [6.45, 7) is 37.4. The first-order chi connectivity index (χ1) is 33.3. The van der Waals surface area contributed by atoms with E-state index in [1.54, 1.807) is 11.1 Å². The van der Waals surface area contributed by atoms with Gasteiger partial charge in [0.1, 0.15) is 17.5 Å². The molecule has 2 unspecified atom stereocenters. The Hall–Kier alpha value is -2.74. The summed E-state index contributed by atoms with van der Waals surface area (Å²) in [6.07, 6.45) is 21.3. The highest BCUT2D eigenvalue weighted by atomic mass is 16.5. The van der Waals surface area contributed by atoms with Crippen molar-refractivity contribution in [3.8, 4) is 11.5 Å². The van der Waals surface area contributed by atoms with Crippen molar-refractivity contribution in [1.29, 1.82) is 0 Å². The summed E-state index contributed by atoms with van der Waals surface area (Å²) in [5, 5.41) is 10.1. The molecule has 0 aromatic heterocycles. The van der Waals surface area contributed by atoms with Gasteiger partial charge in [0.15, 0.2) is 0 Å². The maximum atomic E-state index is 13.4. The van der Waals surface area contributed by atoms with Crippen LogP contribution in [0.5, 0.6) is 11.5 Å². The zero-order chi connectivity index (χ0) is 51.9. The molecule has 71 heavy (non-hydrogen) atoms. The highest BCUT2D eigenvalue weighted by Gasteiger charge is 2.63. The van der Waals surface area contributed by atoms with Crippen LogP contribution in [0.3, 0.4) is 0 Å². The lowest BCUT2D eigenvalue weighted by Crippen LogP contribution is -2.55. The number of aryl methyl sites for hydroxylation is 2. The average molecular weight is 979 g/mol. The monoisotopic (exact) mass is 978 g/mol. The SMILES string of the molecule is CCC(CCCNC)C(=O)Oc1cc(C)c2c(c1)C[C@@H]1[C@@]3(C)CCCC(C)(C)[C@@H]3CC[C@@]21C.Cc1cc(OC(=O)C(CCCCNC(C)C)NC(C)C)cc2c1[C@]1(C)CC[C@H]3C(C)(C)CCC[C@]3(C)[C@H]1C2. The molecule has 3 N–H and O–H groups in total. The second-order valence-corrected chi connectivity index (χ2v) is 27.4. The lowest BCUT2D eigenvalue weighted by Gasteiger charge is -2.61. The van der Waals surface area contributed by atoms with Crippen LogP contribution in [-0.2, 0) is 33.3 Å². The second kappa shape index (κ2) is 21.8. The van der Waals surface area contributed by atoms with Crippen LogP contribution in [-0.4, -0.2) is 50.2 Å². The number of carbonyl (C=O) groups is 2. The zero-order valence-electron chi connectivity index (χ0n) is 48.2. The molecule has 0 heterocycles. The van der Waals surface area contributed by atoms with Crippen molar-refractivity contribution in [2.75, 3.05) is 20.1 Å².